The molecule has 0 bridgehead atoms. The van der Waals surface area contributed by atoms with Gasteiger partial charge in [0.2, 0.25) is 0 Å². The lowest BCUT2D eigenvalue weighted by molar-refractivity contribution is 0.418. The van der Waals surface area contributed by atoms with E-state index in [0.29, 0.717) is 11.8 Å². The van der Waals surface area contributed by atoms with Crippen LogP contribution in [0, 0.1) is 0 Å². The number of rotatable bonds is 4. The van der Waals surface area contributed by atoms with Crippen LogP contribution in [0.25, 0.3) is 21.8 Å². The van der Waals surface area contributed by atoms with Crippen molar-refractivity contribution < 1.29 is 9.47 Å². The molecular formula is C20H24N2O2. The van der Waals surface area contributed by atoms with Crippen molar-refractivity contribution in [2.45, 2.75) is 39.5 Å². The van der Waals surface area contributed by atoms with E-state index in [9.17, 15) is 0 Å². The molecule has 2 aromatic heterocycles. The lowest BCUT2D eigenvalue weighted by Crippen LogP contribution is -2.00. The topological polar surface area (TPSA) is 44.2 Å². The van der Waals surface area contributed by atoms with Gasteiger partial charge in [0.05, 0.1) is 14.2 Å². The second kappa shape index (κ2) is 6.27. The van der Waals surface area contributed by atoms with Crippen LogP contribution >= 0.6 is 0 Å². The Balaban J connectivity index is 2.47. The third kappa shape index (κ3) is 2.66. The van der Waals surface area contributed by atoms with Gasteiger partial charge < -0.3 is 9.47 Å². The molecule has 0 amide bonds. The molecular weight excluding hydrogens is 300 g/mol. The number of nitrogens with zero attached hydrogens (tertiary/aromatic N) is 2. The van der Waals surface area contributed by atoms with Crippen LogP contribution in [-0.2, 0) is 0 Å². The van der Waals surface area contributed by atoms with Gasteiger partial charge in [0.25, 0.3) is 0 Å². The van der Waals surface area contributed by atoms with Gasteiger partial charge in [0.15, 0.2) is 0 Å². The molecule has 4 heteroatoms. The van der Waals surface area contributed by atoms with Gasteiger partial charge in [-0.1, -0.05) is 27.7 Å². The minimum atomic E-state index is 0.314. The van der Waals surface area contributed by atoms with Crippen molar-refractivity contribution in [2.24, 2.45) is 0 Å². The van der Waals surface area contributed by atoms with Gasteiger partial charge >= 0.3 is 0 Å². The Morgan fingerprint density at radius 1 is 0.708 bits per heavy atom. The van der Waals surface area contributed by atoms with Gasteiger partial charge in [-0.2, -0.15) is 0 Å². The summed E-state index contributed by atoms with van der Waals surface area (Å²) in [5.41, 5.74) is 3.75. The molecule has 3 rings (SSSR count). The summed E-state index contributed by atoms with van der Waals surface area (Å²) in [6.45, 7) is 8.52. The molecule has 4 nitrogen and oxygen atoms in total. The molecule has 0 fully saturated rings. The van der Waals surface area contributed by atoms with Crippen molar-refractivity contribution in [3.8, 4) is 11.5 Å². The molecule has 126 valence electrons. The number of hydrogen-bond donors (Lipinski definition) is 0. The number of pyridine rings is 2. The first-order valence-corrected chi connectivity index (χ1v) is 8.32. The fourth-order valence-electron chi connectivity index (χ4n) is 2.88. The zero-order chi connectivity index (χ0) is 17.4. The third-order valence-corrected chi connectivity index (χ3v) is 4.34. The molecule has 0 radical (unpaired) electrons. The van der Waals surface area contributed by atoms with E-state index in [2.05, 4.69) is 27.7 Å². The van der Waals surface area contributed by atoms with Crippen LogP contribution in [0.5, 0.6) is 11.5 Å². The van der Waals surface area contributed by atoms with E-state index in [1.807, 2.05) is 24.3 Å². The van der Waals surface area contributed by atoms with Crippen molar-refractivity contribution in [3.63, 3.8) is 0 Å². The Kier molecular flexibility index (Phi) is 4.31. The van der Waals surface area contributed by atoms with Crippen LogP contribution in [0.4, 0.5) is 0 Å². The maximum Gasteiger partial charge on any atom is 0.130 e. The van der Waals surface area contributed by atoms with Gasteiger partial charge in [0.1, 0.15) is 22.5 Å². The highest BCUT2D eigenvalue weighted by Gasteiger charge is 2.16. The zero-order valence-electron chi connectivity index (χ0n) is 15.2. The standard InChI is InChI=1S/C20H24N2O2/c1-11(2)15-9-17(23-5)13-7-8-14-18(24-6)10-16(12(3)4)22-20(14)19(13)21-15/h7-12H,1-6H3. The fraction of sp³-hybridized carbons (Fsp3) is 0.400. The first kappa shape index (κ1) is 16.5. The molecule has 1 aromatic carbocycles. The predicted octanol–water partition coefficient (Wildman–Crippen LogP) is 5.05. The van der Waals surface area contributed by atoms with Crippen LogP contribution in [0.15, 0.2) is 24.3 Å². The summed E-state index contributed by atoms with van der Waals surface area (Å²) in [7, 11) is 3.39. The van der Waals surface area contributed by atoms with E-state index in [1.165, 1.54) is 0 Å². The lowest BCUT2D eigenvalue weighted by Gasteiger charge is -2.15. The summed E-state index contributed by atoms with van der Waals surface area (Å²) in [6.07, 6.45) is 0. The first-order chi connectivity index (χ1) is 11.5. The number of hydrogen-bond acceptors (Lipinski definition) is 4. The zero-order valence-corrected chi connectivity index (χ0v) is 15.2. The predicted molar refractivity (Wildman–Crippen MR) is 98.3 cm³/mol. The molecule has 0 saturated heterocycles. The van der Waals surface area contributed by atoms with Crippen molar-refractivity contribution in [2.75, 3.05) is 14.2 Å². The largest absolute Gasteiger partial charge is 0.496 e. The summed E-state index contributed by atoms with van der Waals surface area (Å²) in [5, 5.41) is 1.95. The summed E-state index contributed by atoms with van der Waals surface area (Å²) < 4.78 is 11.2. The van der Waals surface area contributed by atoms with Gasteiger partial charge in [0, 0.05) is 34.3 Å². The summed E-state index contributed by atoms with van der Waals surface area (Å²) in [4.78, 5) is 9.78. The quantitative estimate of drug-likeness (QED) is 0.630. The van der Waals surface area contributed by atoms with E-state index >= 15 is 0 Å². The SMILES string of the molecule is COc1cc(C(C)C)nc2c1ccc1c(OC)cc(C(C)C)nc12. The number of benzene rings is 1. The second-order valence-electron chi connectivity index (χ2n) is 6.67. The average molecular weight is 324 g/mol. The van der Waals surface area contributed by atoms with E-state index < -0.39 is 0 Å². The number of fused-ring (bicyclic) bond motifs is 3. The Morgan fingerprint density at radius 2 is 1.08 bits per heavy atom. The molecule has 0 atom stereocenters. The van der Waals surface area contributed by atoms with Crippen molar-refractivity contribution in [1.82, 2.24) is 9.97 Å². The van der Waals surface area contributed by atoms with Crippen molar-refractivity contribution >= 4 is 21.8 Å². The smallest absolute Gasteiger partial charge is 0.130 e. The highest BCUT2D eigenvalue weighted by atomic mass is 16.5. The van der Waals surface area contributed by atoms with Crippen LogP contribution in [0.3, 0.4) is 0 Å². The summed E-state index contributed by atoms with van der Waals surface area (Å²) in [6, 6.07) is 8.10. The van der Waals surface area contributed by atoms with Gasteiger partial charge in [-0.05, 0) is 24.0 Å². The van der Waals surface area contributed by atoms with E-state index in [-0.39, 0.29) is 0 Å². The van der Waals surface area contributed by atoms with E-state index in [0.717, 1.165) is 44.7 Å². The normalized spacial score (nSPS) is 11.7. The first-order valence-electron chi connectivity index (χ1n) is 8.32. The van der Waals surface area contributed by atoms with Gasteiger partial charge in [-0.15, -0.1) is 0 Å². The maximum atomic E-state index is 5.60. The maximum absolute atomic E-state index is 5.60. The van der Waals surface area contributed by atoms with E-state index in [4.69, 9.17) is 19.4 Å². The Labute approximate surface area is 142 Å². The fourth-order valence-corrected chi connectivity index (χ4v) is 2.88. The molecule has 0 unspecified atom stereocenters. The Hall–Kier alpha value is -2.36. The molecule has 0 N–H and O–H groups in total. The van der Waals surface area contributed by atoms with E-state index in [1.54, 1.807) is 14.2 Å². The number of methoxy groups -OCH3 is 2. The summed E-state index contributed by atoms with van der Waals surface area (Å²) in [5.74, 6) is 2.30. The number of aromatic nitrogens is 2. The monoisotopic (exact) mass is 324 g/mol. The minimum Gasteiger partial charge on any atom is -0.496 e. The second-order valence-corrected chi connectivity index (χ2v) is 6.67. The van der Waals surface area contributed by atoms with Gasteiger partial charge in [-0.3, -0.25) is 0 Å². The lowest BCUT2D eigenvalue weighted by atomic mass is 10.0. The molecule has 0 aliphatic carbocycles. The van der Waals surface area contributed by atoms with Crippen LogP contribution in [0.1, 0.15) is 50.9 Å². The molecule has 0 aliphatic heterocycles. The summed E-state index contributed by atoms with van der Waals surface area (Å²) >= 11 is 0. The van der Waals surface area contributed by atoms with Crippen LogP contribution in [0.2, 0.25) is 0 Å². The molecule has 0 saturated carbocycles. The van der Waals surface area contributed by atoms with Crippen LogP contribution in [-0.4, -0.2) is 24.2 Å². The number of ether oxygens (including phenoxy) is 2. The third-order valence-electron chi connectivity index (χ3n) is 4.34. The highest BCUT2D eigenvalue weighted by Crippen LogP contribution is 2.36. The Bertz CT molecular complexity index is 826. The molecule has 3 aromatic rings. The molecule has 24 heavy (non-hydrogen) atoms. The highest BCUT2D eigenvalue weighted by molar-refractivity contribution is 6.07. The Morgan fingerprint density at radius 3 is 1.38 bits per heavy atom. The molecule has 0 spiro atoms. The minimum absolute atomic E-state index is 0.314. The molecule has 2 heterocycles. The van der Waals surface area contributed by atoms with Crippen molar-refractivity contribution in [3.05, 3.63) is 35.7 Å². The molecule has 0 aliphatic rings. The van der Waals surface area contributed by atoms with Crippen molar-refractivity contribution in [1.29, 1.82) is 0 Å². The van der Waals surface area contributed by atoms with Crippen LogP contribution < -0.4 is 9.47 Å². The average Bonchev–Trinajstić information content (AvgIpc) is 2.59. The van der Waals surface area contributed by atoms with Gasteiger partial charge in [-0.25, -0.2) is 9.97 Å².